The molecule has 5 nitrogen and oxygen atoms in total. The van der Waals surface area contributed by atoms with Crippen LogP contribution in [-0.4, -0.2) is 47.9 Å². The second-order valence-corrected chi connectivity index (χ2v) is 7.92. The van der Waals surface area contributed by atoms with Crippen LogP contribution in [0, 0.1) is 11.6 Å². The van der Waals surface area contributed by atoms with Gasteiger partial charge in [-0.1, -0.05) is 54.6 Å². The van der Waals surface area contributed by atoms with E-state index in [-0.39, 0.29) is 49.7 Å². The van der Waals surface area contributed by atoms with E-state index in [0.717, 1.165) is 5.56 Å². The summed E-state index contributed by atoms with van der Waals surface area (Å²) in [5.41, 5.74) is 2.41. The highest BCUT2D eigenvalue weighted by molar-refractivity contribution is 5.99. The summed E-state index contributed by atoms with van der Waals surface area (Å²) in [7, 11) is 0. The van der Waals surface area contributed by atoms with Crippen LogP contribution in [0.15, 0.2) is 78.9 Å². The van der Waals surface area contributed by atoms with Crippen LogP contribution in [0.25, 0.3) is 0 Å². The van der Waals surface area contributed by atoms with Crippen LogP contribution >= 0.6 is 0 Å². The van der Waals surface area contributed by atoms with Gasteiger partial charge in [0.1, 0.15) is 17.7 Å². The van der Waals surface area contributed by atoms with Crippen molar-refractivity contribution in [2.24, 2.45) is 0 Å². The van der Waals surface area contributed by atoms with Crippen molar-refractivity contribution in [3.63, 3.8) is 0 Å². The molecule has 3 aromatic rings. The van der Waals surface area contributed by atoms with Gasteiger partial charge in [0, 0.05) is 6.54 Å². The average molecular weight is 450 g/mol. The molecular weight excluding hydrogens is 426 g/mol. The molecule has 0 aliphatic carbocycles. The van der Waals surface area contributed by atoms with Gasteiger partial charge in [-0.05, 0) is 41.0 Å². The van der Waals surface area contributed by atoms with Gasteiger partial charge < -0.3 is 4.74 Å². The highest BCUT2D eigenvalue weighted by Crippen LogP contribution is 2.26. The summed E-state index contributed by atoms with van der Waals surface area (Å²) in [4.78, 5) is 28.3. The Morgan fingerprint density at radius 2 is 1.27 bits per heavy atom. The van der Waals surface area contributed by atoms with E-state index in [4.69, 9.17) is 4.74 Å². The molecule has 1 fully saturated rings. The molecule has 0 atom stereocenters. The van der Waals surface area contributed by atoms with Crippen molar-refractivity contribution in [1.29, 1.82) is 0 Å². The first-order valence-electron chi connectivity index (χ1n) is 10.7. The number of hydrogen-bond acceptors (Lipinski definition) is 4. The molecule has 4 rings (SSSR count). The number of piperazine rings is 1. The van der Waals surface area contributed by atoms with E-state index in [1.807, 2.05) is 35.2 Å². The third-order valence-corrected chi connectivity index (χ3v) is 5.51. The third kappa shape index (κ3) is 5.88. The predicted octanol–water partition coefficient (Wildman–Crippen LogP) is 3.94. The number of imide groups is 1. The Hall–Kier alpha value is -3.42. The Morgan fingerprint density at radius 3 is 1.79 bits per heavy atom. The number of amides is 2. The molecule has 170 valence electrons. The van der Waals surface area contributed by atoms with Gasteiger partial charge in [-0.2, -0.15) is 0 Å². The van der Waals surface area contributed by atoms with Crippen LogP contribution < -0.4 is 0 Å². The van der Waals surface area contributed by atoms with Crippen molar-refractivity contribution in [2.45, 2.75) is 12.6 Å². The molecule has 2 amide bonds. The van der Waals surface area contributed by atoms with E-state index in [1.54, 1.807) is 24.3 Å². The lowest BCUT2D eigenvalue weighted by Crippen LogP contribution is -2.54. The van der Waals surface area contributed by atoms with Gasteiger partial charge in [0.05, 0.1) is 26.2 Å². The number of nitrogens with zero attached hydrogens (tertiary/aromatic N) is 2. The fraction of sp³-hybridized carbons (Fsp3) is 0.231. The minimum absolute atomic E-state index is 0.0928. The lowest BCUT2D eigenvalue weighted by Gasteiger charge is -2.33. The number of benzene rings is 3. The van der Waals surface area contributed by atoms with Gasteiger partial charge in [-0.15, -0.1) is 0 Å². The fourth-order valence-electron chi connectivity index (χ4n) is 3.87. The number of ether oxygens (including phenoxy) is 1. The lowest BCUT2D eigenvalue weighted by molar-refractivity contribution is -0.152. The summed E-state index contributed by atoms with van der Waals surface area (Å²) in [6.07, 6.45) is -0.587. The standard InChI is InChI=1S/C26H24F2N2O3/c27-22-10-6-20(7-11-22)26(21-8-12-23(28)13-9-21)33-15-14-30-24(31)17-29(18-25(30)32)16-19-4-2-1-3-5-19/h1-13,26H,14-18H2. The van der Waals surface area contributed by atoms with Crippen molar-refractivity contribution < 1.29 is 23.1 Å². The van der Waals surface area contributed by atoms with Crippen LogP contribution in [0.3, 0.4) is 0 Å². The highest BCUT2D eigenvalue weighted by Gasteiger charge is 2.31. The second-order valence-electron chi connectivity index (χ2n) is 7.92. The van der Waals surface area contributed by atoms with Crippen LogP contribution in [0.1, 0.15) is 22.8 Å². The molecule has 1 saturated heterocycles. The topological polar surface area (TPSA) is 49.9 Å². The van der Waals surface area contributed by atoms with E-state index in [2.05, 4.69) is 0 Å². The van der Waals surface area contributed by atoms with Crippen molar-refractivity contribution in [1.82, 2.24) is 9.80 Å². The maximum atomic E-state index is 13.4. The zero-order valence-electron chi connectivity index (χ0n) is 18.0. The number of rotatable bonds is 8. The molecule has 7 heteroatoms. The van der Waals surface area contributed by atoms with Gasteiger partial charge in [-0.3, -0.25) is 19.4 Å². The molecule has 1 heterocycles. The van der Waals surface area contributed by atoms with E-state index in [1.165, 1.54) is 29.2 Å². The van der Waals surface area contributed by atoms with Gasteiger partial charge >= 0.3 is 0 Å². The van der Waals surface area contributed by atoms with Crippen molar-refractivity contribution >= 4 is 11.8 Å². The first-order valence-corrected chi connectivity index (χ1v) is 10.7. The van der Waals surface area contributed by atoms with Gasteiger partial charge in [0.2, 0.25) is 11.8 Å². The Morgan fingerprint density at radius 1 is 0.758 bits per heavy atom. The summed E-state index contributed by atoms with van der Waals surface area (Å²) < 4.78 is 32.8. The zero-order valence-corrected chi connectivity index (χ0v) is 18.0. The van der Waals surface area contributed by atoms with Crippen LogP contribution in [0.5, 0.6) is 0 Å². The van der Waals surface area contributed by atoms with Crippen LogP contribution in [-0.2, 0) is 20.9 Å². The molecule has 3 aromatic carbocycles. The Bertz CT molecular complexity index is 1030. The van der Waals surface area contributed by atoms with Crippen LogP contribution in [0.4, 0.5) is 8.78 Å². The fourth-order valence-corrected chi connectivity index (χ4v) is 3.87. The number of hydrogen-bond donors (Lipinski definition) is 0. The predicted molar refractivity (Wildman–Crippen MR) is 119 cm³/mol. The second kappa shape index (κ2) is 10.5. The van der Waals surface area contributed by atoms with Gasteiger partial charge in [0.15, 0.2) is 0 Å². The smallest absolute Gasteiger partial charge is 0.243 e. The van der Waals surface area contributed by atoms with E-state index in [9.17, 15) is 18.4 Å². The van der Waals surface area contributed by atoms with Gasteiger partial charge in [0.25, 0.3) is 0 Å². The maximum absolute atomic E-state index is 13.4. The number of carbonyl (C=O) groups excluding carboxylic acids is 2. The molecule has 0 bridgehead atoms. The van der Waals surface area contributed by atoms with E-state index in [0.29, 0.717) is 17.7 Å². The minimum atomic E-state index is -0.587. The van der Waals surface area contributed by atoms with Crippen molar-refractivity contribution in [3.8, 4) is 0 Å². The molecule has 0 spiro atoms. The first-order chi connectivity index (χ1) is 16.0. The molecule has 0 aromatic heterocycles. The Kier molecular flexibility index (Phi) is 7.22. The molecule has 1 aliphatic heterocycles. The van der Waals surface area contributed by atoms with E-state index >= 15 is 0 Å². The first kappa shape index (κ1) is 22.8. The molecule has 0 unspecified atom stereocenters. The lowest BCUT2D eigenvalue weighted by atomic mass is 10.0. The number of halogens is 2. The highest BCUT2D eigenvalue weighted by atomic mass is 19.1. The monoisotopic (exact) mass is 450 g/mol. The summed E-state index contributed by atoms with van der Waals surface area (Å²) in [5, 5.41) is 0. The van der Waals surface area contributed by atoms with Gasteiger partial charge in [-0.25, -0.2) is 8.78 Å². The quantitative estimate of drug-likeness (QED) is 0.488. The molecule has 0 radical (unpaired) electrons. The largest absolute Gasteiger partial charge is 0.367 e. The molecule has 0 N–H and O–H groups in total. The normalized spacial score (nSPS) is 14.8. The molecule has 33 heavy (non-hydrogen) atoms. The van der Waals surface area contributed by atoms with Crippen LogP contribution in [0.2, 0.25) is 0 Å². The number of carbonyl (C=O) groups is 2. The minimum Gasteiger partial charge on any atom is -0.367 e. The van der Waals surface area contributed by atoms with Crippen molar-refractivity contribution in [3.05, 3.63) is 107 Å². The summed E-state index contributed by atoms with van der Waals surface area (Å²) in [6, 6.07) is 21.4. The zero-order chi connectivity index (χ0) is 23.2. The third-order valence-electron chi connectivity index (χ3n) is 5.51. The molecule has 1 aliphatic rings. The average Bonchev–Trinajstić information content (AvgIpc) is 2.80. The summed E-state index contributed by atoms with van der Waals surface area (Å²) in [6.45, 7) is 1.03. The SMILES string of the molecule is O=C1CN(Cc2ccccc2)CC(=O)N1CCOC(c1ccc(F)cc1)c1ccc(F)cc1. The van der Waals surface area contributed by atoms with Crippen molar-refractivity contribution in [2.75, 3.05) is 26.2 Å². The Balaban J connectivity index is 1.38. The molecule has 0 saturated carbocycles. The maximum Gasteiger partial charge on any atom is 0.243 e. The molecular formula is C26H24F2N2O3. The van der Waals surface area contributed by atoms with E-state index < -0.39 is 6.10 Å². The summed E-state index contributed by atoms with van der Waals surface area (Å²) in [5.74, 6) is -1.29. The summed E-state index contributed by atoms with van der Waals surface area (Å²) >= 11 is 0. The Labute approximate surface area is 191 Å².